The van der Waals surface area contributed by atoms with Crippen LogP contribution in [0.1, 0.15) is 5.56 Å². The molecule has 0 saturated heterocycles. The second kappa shape index (κ2) is 6.83. The molecule has 108 valence electrons. The predicted molar refractivity (Wildman–Crippen MR) is 86.2 cm³/mol. The summed E-state index contributed by atoms with van der Waals surface area (Å²) in [5.74, 6) is 2.29. The van der Waals surface area contributed by atoms with Crippen LogP contribution < -0.4 is 14.2 Å². The van der Waals surface area contributed by atoms with Crippen LogP contribution in [-0.2, 0) is 0 Å². The highest BCUT2D eigenvalue weighted by atomic mass is 79.9. The fraction of sp³-hybridized carbons (Fsp3) is 0.133. The van der Waals surface area contributed by atoms with Gasteiger partial charge in [0.2, 0.25) is 0 Å². The number of ether oxygens (including phenoxy) is 3. The molecule has 0 fully saturated rings. The van der Waals surface area contributed by atoms with E-state index in [1.54, 1.807) is 44.6 Å². The lowest BCUT2D eigenvalue weighted by molar-refractivity contribution is 0.405. The molecule has 2 rings (SSSR count). The van der Waals surface area contributed by atoms with Gasteiger partial charge in [-0.3, -0.25) is 0 Å². The standard InChI is InChI=1S/C15H11Br2NO3/c1-19-10-4-3-9(8-18)13(5-10)21-15-7-11(16)14(20-2)6-12(15)17/h3-7H,1-2H3. The van der Waals surface area contributed by atoms with Crippen molar-refractivity contribution in [2.24, 2.45) is 0 Å². The van der Waals surface area contributed by atoms with Gasteiger partial charge in [-0.25, -0.2) is 0 Å². The van der Waals surface area contributed by atoms with Crippen LogP contribution in [0.2, 0.25) is 0 Å². The third-order valence-corrected chi connectivity index (χ3v) is 3.97. The molecule has 0 atom stereocenters. The monoisotopic (exact) mass is 411 g/mol. The molecular weight excluding hydrogens is 402 g/mol. The Kier molecular flexibility index (Phi) is 5.10. The molecule has 4 nitrogen and oxygen atoms in total. The quantitative estimate of drug-likeness (QED) is 0.717. The van der Waals surface area contributed by atoms with Crippen LogP contribution in [0.4, 0.5) is 0 Å². The molecule has 21 heavy (non-hydrogen) atoms. The Balaban J connectivity index is 2.43. The predicted octanol–water partition coefficient (Wildman–Crippen LogP) is 4.89. The van der Waals surface area contributed by atoms with E-state index in [9.17, 15) is 0 Å². The lowest BCUT2D eigenvalue weighted by Crippen LogP contribution is -1.93. The van der Waals surface area contributed by atoms with E-state index in [4.69, 9.17) is 19.5 Å². The van der Waals surface area contributed by atoms with E-state index in [-0.39, 0.29) is 0 Å². The van der Waals surface area contributed by atoms with Crippen LogP contribution in [0, 0.1) is 11.3 Å². The first-order chi connectivity index (χ1) is 10.1. The summed E-state index contributed by atoms with van der Waals surface area (Å²) in [5.41, 5.74) is 0.426. The first kappa shape index (κ1) is 15.7. The van der Waals surface area contributed by atoms with Crippen molar-refractivity contribution >= 4 is 31.9 Å². The molecule has 0 heterocycles. The zero-order valence-electron chi connectivity index (χ0n) is 11.3. The van der Waals surface area contributed by atoms with Crippen molar-refractivity contribution in [3.05, 3.63) is 44.8 Å². The SMILES string of the molecule is COc1ccc(C#N)c(Oc2cc(Br)c(OC)cc2Br)c1. The lowest BCUT2D eigenvalue weighted by Gasteiger charge is -2.12. The van der Waals surface area contributed by atoms with E-state index in [0.717, 1.165) is 4.47 Å². The number of nitriles is 1. The van der Waals surface area contributed by atoms with E-state index >= 15 is 0 Å². The van der Waals surface area contributed by atoms with Gasteiger partial charge in [-0.1, -0.05) is 0 Å². The maximum absolute atomic E-state index is 9.15. The van der Waals surface area contributed by atoms with Crippen molar-refractivity contribution in [3.8, 4) is 29.1 Å². The summed E-state index contributed by atoms with van der Waals surface area (Å²) in [4.78, 5) is 0. The summed E-state index contributed by atoms with van der Waals surface area (Å²) in [7, 11) is 3.15. The third kappa shape index (κ3) is 3.49. The molecule has 0 unspecified atom stereocenters. The highest BCUT2D eigenvalue weighted by molar-refractivity contribution is 9.11. The maximum atomic E-state index is 9.15. The van der Waals surface area contributed by atoms with Crippen molar-refractivity contribution < 1.29 is 14.2 Å². The Morgan fingerprint density at radius 1 is 0.905 bits per heavy atom. The minimum atomic E-state index is 0.426. The molecule has 0 aromatic heterocycles. The molecule has 6 heteroatoms. The molecule has 0 amide bonds. The molecule has 0 radical (unpaired) electrons. The van der Waals surface area contributed by atoms with Gasteiger partial charge in [0.05, 0.1) is 28.7 Å². The van der Waals surface area contributed by atoms with Crippen molar-refractivity contribution in [2.75, 3.05) is 14.2 Å². The molecule has 2 aromatic rings. The first-order valence-electron chi connectivity index (χ1n) is 5.88. The summed E-state index contributed by atoms with van der Waals surface area (Å²) in [6, 6.07) is 10.7. The zero-order chi connectivity index (χ0) is 15.4. The fourth-order valence-electron chi connectivity index (χ4n) is 1.67. The topological polar surface area (TPSA) is 51.5 Å². The summed E-state index contributed by atoms with van der Waals surface area (Å²) in [6.45, 7) is 0. The smallest absolute Gasteiger partial charge is 0.148 e. The minimum absolute atomic E-state index is 0.426. The minimum Gasteiger partial charge on any atom is -0.497 e. The number of hydrogen-bond acceptors (Lipinski definition) is 4. The number of methoxy groups -OCH3 is 2. The van der Waals surface area contributed by atoms with Crippen molar-refractivity contribution in [2.45, 2.75) is 0 Å². The highest BCUT2D eigenvalue weighted by Crippen LogP contribution is 2.39. The Hall–Kier alpha value is -1.71. The highest BCUT2D eigenvalue weighted by Gasteiger charge is 2.12. The second-order valence-corrected chi connectivity index (χ2v) is 5.70. The molecule has 0 aliphatic rings. The summed E-state index contributed by atoms with van der Waals surface area (Å²) in [6.07, 6.45) is 0. The van der Waals surface area contributed by atoms with Gasteiger partial charge in [0.15, 0.2) is 0 Å². The molecule has 0 aliphatic carbocycles. The molecule has 0 spiro atoms. The molecular formula is C15H11Br2NO3. The van der Waals surface area contributed by atoms with Gasteiger partial charge in [-0.2, -0.15) is 5.26 Å². The molecule has 0 aliphatic heterocycles. The first-order valence-corrected chi connectivity index (χ1v) is 7.46. The Morgan fingerprint density at radius 3 is 2.19 bits per heavy atom. The normalized spacial score (nSPS) is 9.86. The second-order valence-electron chi connectivity index (χ2n) is 3.99. The number of halogens is 2. The van der Waals surface area contributed by atoms with Crippen LogP contribution in [0.25, 0.3) is 0 Å². The molecule has 2 aromatic carbocycles. The zero-order valence-corrected chi connectivity index (χ0v) is 14.5. The van der Waals surface area contributed by atoms with Crippen LogP contribution >= 0.6 is 31.9 Å². The average Bonchev–Trinajstić information content (AvgIpc) is 2.50. The number of nitrogens with zero attached hydrogens (tertiary/aromatic N) is 1. The van der Waals surface area contributed by atoms with Crippen LogP contribution in [0.5, 0.6) is 23.0 Å². The van der Waals surface area contributed by atoms with Gasteiger partial charge in [-0.05, 0) is 56.1 Å². The number of benzene rings is 2. The van der Waals surface area contributed by atoms with Crippen LogP contribution in [0.3, 0.4) is 0 Å². The van der Waals surface area contributed by atoms with E-state index in [2.05, 4.69) is 37.9 Å². The molecule has 0 saturated carbocycles. The Bertz CT molecular complexity index is 711. The van der Waals surface area contributed by atoms with E-state index in [1.165, 1.54) is 0 Å². The van der Waals surface area contributed by atoms with E-state index in [0.29, 0.717) is 33.0 Å². The van der Waals surface area contributed by atoms with Gasteiger partial charge in [0.25, 0.3) is 0 Å². The van der Waals surface area contributed by atoms with Gasteiger partial charge >= 0.3 is 0 Å². The number of rotatable bonds is 4. The van der Waals surface area contributed by atoms with Crippen molar-refractivity contribution in [3.63, 3.8) is 0 Å². The van der Waals surface area contributed by atoms with Gasteiger partial charge in [0.1, 0.15) is 29.1 Å². The van der Waals surface area contributed by atoms with Crippen LogP contribution in [-0.4, -0.2) is 14.2 Å². The van der Waals surface area contributed by atoms with E-state index in [1.807, 2.05) is 0 Å². The number of hydrogen-bond donors (Lipinski definition) is 0. The summed E-state index contributed by atoms with van der Waals surface area (Å²) >= 11 is 6.82. The summed E-state index contributed by atoms with van der Waals surface area (Å²) < 4.78 is 17.7. The van der Waals surface area contributed by atoms with Crippen LogP contribution in [0.15, 0.2) is 39.3 Å². The van der Waals surface area contributed by atoms with Gasteiger partial charge in [-0.15, -0.1) is 0 Å². The van der Waals surface area contributed by atoms with E-state index < -0.39 is 0 Å². The third-order valence-electron chi connectivity index (χ3n) is 2.74. The molecule has 0 bridgehead atoms. The average molecular weight is 413 g/mol. The van der Waals surface area contributed by atoms with Gasteiger partial charge in [0, 0.05) is 6.07 Å². The van der Waals surface area contributed by atoms with Gasteiger partial charge < -0.3 is 14.2 Å². The Morgan fingerprint density at radius 2 is 1.57 bits per heavy atom. The fourth-order valence-corrected chi connectivity index (χ4v) is 2.56. The van der Waals surface area contributed by atoms with Crippen molar-refractivity contribution in [1.29, 1.82) is 5.26 Å². The van der Waals surface area contributed by atoms with Crippen molar-refractivity contribution in [1.82, 2.24) is 0 Å². The maximum Gasteiger partial charge on any atom is 0.148 e. The summed E-state index contributed by atoms with van der Waals surface area (Å²) in [5, 5.41) is 9.15. The largest absolute Gasteiger partial charge is 0.497 e. The Labute approximate surface area is 139 Å². The lowest BCUT2D eigenvalue weighted by atomic mass is 10.2. The molecule has 0 N–H and O–H groups in total.